The zero-order valence-electron chi connectivity index (χ0n) is 9.75. The van der Waals surface area contributed by atoms with E-state index in [0.29, 0.717) is 15.5 Å². The Hall–Kier alpha value is -1.23. The fraction of sp³-hybridized carbons (Fsp3) is 0.0769. The van der Waals surface area contributed by atoms with Crippen LogP contribution in [0.2, 0.25) is 9.49 Å². The number of aromatic nitrogens is 2. The molecule has 0 atom stereocenters. The molecule has 3 rings (SSSR count). The predicted octanol–water partition coefficient (Wildman–Crippen LogP) is 5.11. The highest BCUT2D eigenvalue weighted by Gasteiger charge is 2.14. The molecule has 1 aromatic carbocycles. The van der Waals surface area contributed by atoms with Crippen LogP contribution < -0.4 is 0 Å². The third-order valence-electron chi connectivity index (χ3n) is 2.76. The minimum Gasteiger partial charge on any atom is -0.224 e. The molecule has 0 N–H and O–H groups in total. The summed E-state index contributed by atoms with van der Waals surface area (Å²) < 4.78 is 14.5. The lowest BCUT2D eigenvalue weighted by Crippen LogP contribution is -1.94. The number of fused-ring (bicyclic) bond motifs is 1. The van der Waals surface area contributed by atoms with E-state index in [2.05, 4.69) is 9.97 Å². The number of thiophene rings is 1. The molecule has 0 fully saturated rings. The Morgan fingerprint density at radius 2 is 1.89 bits per heavy atom. The minimum atomic E-state index is -0.409. The first-order chi connectivity index (χ1) is 9.06. The lowest BCUT2D eigenvalue weighted by atomic mass is 10.1. The molecule has 0 radical (unpaired) electrons. The molecule has 0 saturated carbocycles. The van der Waals surface area contributed by atoms with Crippen molar-refractivity contribution in [2.45, 2.75) is 6.92 Å². The number of benzene rings is 1. The number of hydrogen-bond acceptors (Lipinski definition) is 3. The summed E-state index contributed by atoms with van der Waals surface area (Å²) in [5.74, 6) is -0.0206. The molecule has 2 heterocycles. The molecule has 0 bridgehead atoms. The summed E-state index contributed by atoms with van der Waals surface area (Å²) in [5.41, 5.74) is 1.08. The van der Waals surface area contributed by atoms with Gasteiger partial charge in [0.1, 0.15) is 16.5 Å². The van der Waals surface area contributed by atoms with E-state index in [-0.39, 0.29) is 10.7 Å². The number of aryl methyl sites for hydroxylation is 1. The van der Waals surface area contributed by atoms with E-state index in [4.69, 9.17) is 23.2 Å². The Kier molecular flexibility index (Phi) is 3.17. The maximum absolute atomic E-state index is 13.9. The van der Waals surface area contributed by atoms with E-state index in [9.17, 15) is 4.39 Å². The van der Waals surface area contributed by atoms with Crippen molar-refractivity contribution in [3.63, 3.8) is 0 Å². The SMILES string of the molecule is Cc1ccc(F)c2nc(-c3ccc(Cl)s3)nc(Cl)c12. The number of nitrogens with zero attached hydrogens (tertiary/aromatic N) is 2. The molecule has 0 aliphatic heterocycles. The zero-order chi connectivity index (χ0) is 13.6. The van der Waals surface area contributed by atoms with Crippen molar-refractivity contribution in [3.05, 3.63) is 45.1 Å². The number of rotatable bonds is 1. The van der Waals surface area contributed by atoms with Crippen LogP contribution in [0.3, 0.4) is 0 Å². The lowest BCUT2D eigenvalue weighted by molar-refractivity contribution is 0.636. The van der Waals surface area contributed by atoms with Gasteiger partial charge >= 0.3 is 0 Å². The highest BCUT2D eigenvalue weighted by molar-refractivity contribution is 7.19. The fourth-order valence-electron chi connectivity index (χ4n) is 1.86. The monoisotopic (exact) mass is 312 g/mol. The third-order valence-corrected chi connectivity index (χ3v) is 4.26. The maximum Gasteiger partial charge on any atom is 0.171 e. The highest BCUT2D eigenvalue weighted by atomic mass is 35.5. The second-order valence-electron chi connectivity index (χ2n) is 4.03. The van der Waals surface area contributed by atoms with Gasteiger partial charge in [-0.3, -0.25) is 0 Å². The smallest absolute Gasteiger partial charge is 0.171 e. The van der Waals surface area contributed by atoms with Crippen LogP contribution in [-0.4, -0.2) is 9.97 Å². The van der Waals surface area contributed by atoms with E-state index in [1.54, 1.807) is 18.2 Å². The van der Waals surface area contributed by atoms with Gasteiger partial charge in [-0.15, -0.1) is 11.3 Å². The number of halogens is 3. The summed E-state index contributed by atoms with van der Waals surface area (Å²) in [5, 5.41) is 0.801. The van der Waals surface area contributed by atoms with Gasteiger partial charge in [-0.1, -0.05) is 29.3 Å². The summed E-state index contributed by atoms with van der Waals surface area (Å²) in [6.45, 7) is 1.85. The second-order valence-corrected chi connectivity index (χ2v) is 6.10. The van der Waals surface area contributed by atoms with E-state index >= 15 is 0 Å². The molecule has 0 amide bonds. The molecule has 6 heteroatoms. The Bertz CT molecular complexity index is 786. The van der Waals surface area contributed by atoms with Crippen molar-refractivity contribution >= 4 is 45.4 Å². The summed E-state index contributed by atoms with van der Waals surface area (Å²) >= 11 is 13.4. The average molecular weight is 313 g/mol. The van der Waals surface area contributed by atoms with Gasteiger partial charge in [0.05, 0.1) is 9.21 Å². The molecule has 96 valence electrons. The standard InChI is InChI=1S/C13H7Cl2FN2S/c1-6-2-3-7(16)11-10(6)12(15)18-13(17-11)8-4-5-9(14)19-8/h2-5H,1H3. The Morgan fingerprint density at radius 3 is 2.58 bits per heavy atom. The molecular weight excluding hydrogens is 306 g/mol. The van der Waals surface area contributed by atoms with Gasteiger partial charge in [0.2, 0.25) is 0 Å². The van der Waals surface area contributed by atoms with Crippen LogP contribution in [0.4, 0.5) is 4.39 Å². The molecule has 2 nitrogen and oxygen atoms in total. The zero-order valence-corrected chi connectivity index (χ0v) is 12.1. The van der Waals surface area contributed by atoms with Crippen molar-refractivity contribution in [2.24, 2.45) is 0 Å². The van der Waals surface area contributed by atoms with Crippen LogP contribution in [-0.2, 0) is 0 Å². The van der Waals surface area contributed by atoms with Crippen LogP contribution in [0.15, 0.2) is 24.3 Å². The van der Waals surface area contributed by atoms with Gasteiger partial charge in [0.15, 0.2) is 5.82 Å². The predicted molar refractivity (Wildman–Crippen MR) is 77.6 cm³/mol. The van der Waals surface area contributed by atoms with Crippen molar-refractivity contribution in [1.82, 2.24) is 9.97 Å². The highest BCUT2D eigenvalue weighted by Crippen LogP contribution is 2.33. The van der Waals surface area contributed by atoms with Gasteiger partial charge in [-0.25, -0.2) is 14.4 Å². The van der Waals surface area contributed by atoms with Crippen LogP contribution >= 0.6 is 34.5 Å². The summed E-state index contributed by atoms with van der Waals surface area (Å²) in [6.07, 6.45) is 0. The first-order valence-corrected chi connectivity index (χ1v) is 7.01. The first kappa shape index (κ1) is 12.8. The molecule has 0 aliphatic rings. The van der Waals surface area contributed by atoms with Crippen LogP contribution in [0, 0.1) is 12.7 Å². The van der Waals surface area contributed by atoms with Gasteiger partial charge < -0.3 is 0 Å². The largest absolute Gasteiger partial charge is 0.224 e. The summed E-state index contributed by atoms with van der Waals surface area (Å²) in [7, 11) is 0. The minimum absolute atomic E-state index is 0.236. The van der Waals surface area contributed by atoms with Crippen LogP contribution in [0.5, 0.6) is 0 Å². The summed E-state index contributed by atoms with van der Waals surface area (Å²) in [6, 6.07) is 6.58. The fourth-order valence-corrected chi connectivity index (χ4v) is 3.16. The molecule has 0 spiro atoms. The lowest BCUT2D eigenvalue weighted by Gasteiger charge is -2.06. The van der Waals surface area contributed by atoms with E-state index in [1.165, 1.54) is 17.4 Å². The van der Waals surface area contributed by atoms with E-state index in [0.717, 1.165) is 10.4 Å². The molecule has 2 aromatic heterocycles. The molecule has 3 aromatic rings. The van der Waals surface area contributed by atoms with Gasteiger partial charge in [-0.05, 0) is 30.7 Å². The van der Waals surface area contributed by atoms with Gasteiger partial charge in [0, 0.05) is 5.39 Å². The first-order valence-electron chi connectivity index (χ1n) is 5.44. The van der Waals surface area contributed by atoms with Crippen LogP contribution in [0.1, 0.15) is 5.56 Å². The quantitative estimate of drug-likeness (QED) is 0.583. The van der Waals surface area contributed by atoms with Crippen LogP contribution in [0.25, 0.3) is 21.6 Å². The Morgan fingerprint density at radius 1 is 1.11 bits per heavy atom. The maximum atomic E-state index is 13.9. The Balaban J connectivity index is 2.33. The Labute approximate surface area is 122 Å². The van der Waals surface area contributed by atoms with Crippen molar-refractivity contribution < 1.29 is 4.39 Å². The molecule has 0 saturated heterocycles. The van der Waals surface area contributed by atoms with E-state index < -0.39 is 5.82 Å². The number of hydrogen-bond donors (Lipinski definition) is 0. The van der Waals surface area contributed by atoms with Crippen molar-refractivity contribution in [3.8, 4) is 10.7 Å². The van der Waals surface area contributed by atoms with Crippen molar-refractivity contribution in [2.75, 3.05) is 0 Å². The normalized spacial score (nSPS) is 11.2. The molecule has 0 aliphatic carbocycles. The summed E-state index contributed by atoms with van der Waals surface area (Å²) in [4.78, 5) is 9.25. The van der Waals surface area contributed by atoms with Crippen molar-refractivity contribution in [1.29, 1.82) is 0 Å². The van der Waals surface area contributed by atoms with Gasteiger partial charge in [0.25, 0.3) is 0 Å². The molecular formula is C13H7Cl2FN2S. The second kappa shape index (κ2) is 4.71. The van der Waals surface area contributed by atoms with Gasteiger partial charge in [-0.2, -0.15) is 0 Å². The third kappa shape index (κ3) is 2.20. The average Bonchev–Trinajstić information content (AvgIpc) is 2.80. The van der Waals surface area contributed by atoms with E-state index in [1.807, 2.05) is 6.92 Å². The molecule has 0 unspecified atom stereocenters. The molecule has 19 heavy (non-hydrogen) atoms. The topological polar surface area (TPSA) is 25.8 Å².